The van der Waals surface area contributed by atoms with Crippen molar-refractivity contribution in [3.05, 3.63) is 64.7 Å². The van der Waals surface area contributed by atoms with Gasteiger partial charge in [-0.05, 0) is 72.8 Å². The zero-order chi connectivity index (χ0) is 18.0. The number of carboxylic acids is 1. The predicted molar refractivity (Wildman–Crippen MR) is 93.2 cm³/mol. The van der Waals surface area contributed by atoms with Crippen LogP contribution in [0.4, 0.5) is 14.5 Å². The first kappa shape index (κ1) is 15.8. The topological polar surface area (TPSA) is 49.3 Å². The molecule has 2 N–H and O–H groups in total. The monoisotopic (exact) mass is 355 g/mol. The van der Waals surface area contributed by atoms with Gasteiger partial charge >= 0.3 is 5.97 Å². The van der Waals surface area contributed by atoms with E-state index in [4.69, 9.17) is 0 Å². The number of hydrogen-bond donors (Lipinski definition) is 2. The quantitative estimate of drug-likeness (QED) is 0.800. The number of hydrogen-bond acceptors (Lipinski definition) is 2. The van der Waals surface area contributed by atoms with Gasteiger partial charge in [0.25, 0.3) is 0 Å². The third-order valence-electron chi connectivity index (χ3n) is 6.64. The van der Waals surface area contributed by atoms with E-state index in [-0.39, 0.29) is 17.4 Å². The molecule has 2 fully saturated rings. The minimum Gasteiger partial charge on any atom is -0.478 e. The van der Waals surface area contributed by atoms with Gasteiger partial charge in [-0.1, -0.05) is 12.1 Å². The first-order valence-corrected chi connectivity index (χ1v) is 9.12. The van der Waals surface area contributed by atoms with Crippen molar-refractivity contribution >= 4 is 11.7 Å². The lowest BCUT2D eigenvalue weighted by atomic mass is 9.67. The highest BCUT2D eigenvalue weighted by molar-refractivity contribution is 5.95. The fourth-order valence-electron chi connectivity index (χ4n) is 5.75. The molecule has 5 atom stereocenters. The molecule has 0 radical (unpaired) electrons. The molecule has 0 amide bonds. The lowest BCUT2D eigenvalue weighted by Gasteiger charge is -2.44. The van der Waals surface area contributed by atoms with Crippen LogP contribution in [0.3, 0.4) is 0 Å². The van der Waals surface area contributed by atoms with Crippen LogP contribution in [0.15, 0.2) is 36.4 Å². The number of para-hydroxylation sites is 1. The Morgan fingerprint density at radius 3 is 2.69 bits per heavy atom. The van der Waals surface area contributed by atoms with E-state index in [1.165, 1.54) is 6.07 Å². The molecule has 26 heavy (non-hydrogen) atoms. The summed E-state index contributed by atoms with van der Waals surface area (Å²) in [4.78, 5) is 11.7. The summed E-state index contributed by atoms with van der Waals surface area (Å²) in [6.07, 6.45) is 3.32. The minimum absolute atomic E-state index is 0.168. The zero-order valence-corrected chi connectivity index (χ0v) is 14.1. The highest BCUT2D eigenvalue weighted by atomic mass is 19.1. The van der Waals surface area contributed by atoms with Gasteiger partial charge in [0.05, 0.1) is 17.3 Å². The molecule has 2 aromatic rings. The zero-order valence-electron chi connectivity index (χ0n) is 14.1. The van der Waals surface area contributed by atoms with E-state index in [0.29, 0.717) is 23.1 Å². The van der Waals surface area contributed by atoms with Crippen LogP contribution in [-0.4, -0.2) is 11.1 Å². The number of rotatable bonds is 2. The fourth-order valence-corrected chi connectivity index (χ4v) is 5.75. The number of carboxylic acid groups (broad SMARTS) is 1. The van der Waals surface area contributed by atoms with E-state index in [2.05, 4.69) is 5.32 Å². The number of anilines is 1. The molecule has 134 valence electrons. The van der Waals surface area contributed by atoms with Gasteiger partial charge in [0.15, 0.2) is 0 Å². The fraction of sp³-hybridized carbons (Fsp3) is 0.381. The lowest BCUT2D eigenvalue weighted by Crippen LogP contribution is -2.36. The van der Waals surface area contributed by atoms with Gasteiger partial charge in [0.1, 0.15) is 11.6 Å². The summed E-state index contributed by atoms with van der Waals surface area (Å²) < 4.78 is 28.4. The van der Waals surface area contributed by atoms with Crippen molar-refractivity contribution in [1.82, 2.24) is 0 Å². The Kier molecular flexibility index (Phi) is 3.36. The Morgan fingerprint density at radius 2 is 1.88 bits per heavy atom. The van der Waals surface area contributed by atoms with Crippen LogP contribution < -0.4 is 5.32 Å². The largest absolute Gasteiger partial charge is 0.478 e. The molecule has 5 rings (SSSR count). The summed E-state index contributed by atoms with van der Waals surface area (Å²) in [6.45, 7) is 0. The summed E-state index contributed by atoms with van der Waals surface area (Å²) >= 11 is 0. The maximum atomic E-state index is 14.6. The van der Waals surface area contributed by atoms with Gasteiger partial charge in [0, 0.05) is 5.56 Å². The van der Waals surface area contributed by atoms with Crippen molar-refractivity contribution in [3.8, 4) is 0 Å². The maximum Gasteiger partial charge on any atom is 0.337 e. The van der Waals surface area contributed by atoms with Crippen molar-refractivity contribution in [3.63, 3.8) is 0 Å². The number of fused-ring (bicyclic) bond motifs is 7. The van der Waals surface area contributed by atoms with Crippen molar-refractivity contribution in [1.29, 1.82) is 0 Å². The number of carbonyl (C=O) groups is 1. The van der Waals surface area contributed by atoms with Crippen molar-refractivity contribution in [2.45, 2.75) is 31.2 Å². The Morgan fingerprint density at radius 1 is 1.08 bits per heavy atom. The molecule has 0 unspecified atom stereocenters. The molecule has 1 aliphatic heterocycles. The van der Waals surface area contributed by atoms with Gasteiger partial charge in [-0.2, -0.15) is 0 Å². The molecule has 2 aromatic carbocycles. The SMILES string of the molecule is O=C(O)c1cccc2c1N[C@@H](c1cc(F)ccc1F)[C@H]1[C@@H]3CC[C@H](C3)[C@H]21. The lowest BCUT2D eigenvalue weighted by molar-refractivity contribution is 0.0697. The first-order chi connectivity index (χ1) is 12.5. The van der Waals surface area contributed by atoms with Crippen LogP contribution >= 0.6 is 0 Å². The van der Waals surface area contributed by atoms with E-state index in [1.54, 1.807) is 12.1 Å². The van der Waals surface area contributed by atoms with Crippen LogP contribution in [0.5, 0.6) is 0 Å². The standard InChI is InChI=1S/C21H19F2NO2/c22-12-6-7-16(23)15(9-12)20-18-11-5-4-10(8-11)17(18)13-2-1-3-14(21(25)26)19(13)24-20/h1-3,6-7,9-11,17-18,20,24H,4-5,8H2,(H,25,26)/t10-,11-,17-,18+,20+/m1/s1. The van der Waals surface area contributed by atoms with Gasteiger partial charge in [-0.25, -0.2) is 13.6 Å². The molecule has 1 heterocycles. The molecular formula is C21H19F2NO2. The molecule has 2 aliphatic carbocycles. The third kappa shape index (κ3) is 2.12. The van der Waals surface area contributed by atoms with E-state index in [9.17, 15) is 18.7 Å². The molecule has 2 saturated carbocycles. The summed E-state index contributed by atoms with van der Waals surface area (Å²) in [5, 5.41) is 12.9. The van der Waals surface area contributed by atoms with Crippen LogP contribution in [0.2, 0.25) is 0 Å². The van der Waals surface area contributed by atoms with Crippen LogP contribution in [0, 0.1) is 29.4 Å². The maximum absolute atomic E-state index is 14.6. The second kappa shape index (κ2) is 5.53. The number of benzene rings is 2. The normalized spacial score (nSPS) is 31.2. The highest BCUT2D eigenvalue weighted by Gasteiger charge is 2.54. The second-order valence-corrected chi connectivity index (χ2v) is 7.80. The van der Waals surface area contributed by atoms with E-state index in [1.807, 2.05) is 6.07 Å². The van der Waals surface area contributed by atoms with Gasteiger partial charge in [0.2, 0.25) is 0 Å². The molecule has 2 bridgehead atoms. The number of aromatic carboxylic acids is 1. The number of nitrogens with one attached hydrogen (secondary N) is 1. The van der Waals surface area contributed by atoms with E-state index < -0.39 is 23.6 Å². The summed E-state index contributed by atoms with van der Waals surface area (Å²) in [6, 6.07) is 8.48. The smallest absolute Gasteiger partial charge is 0.337 e. The Bertz CT molecular complexity index is 913. The third-order valence-corrected chi connectivity index (χ3v) is 6.64. The molecule has 0 saturated heterocycles. The molecule has 3 aliphatic rings. The summed E-state index contributed by atoms with van der Waals surface area (Å²) in [7, 11) is 0. The second-order valence-electron chi connectivity index (χ2n) is 7.80. The highest BCUT2D eigenvalue weighted by Crippen LogP contribution is 2.64. The summed E-state index contributed by atoms with van der Waals surface area (Å²) in [5.74, 6) is -0.587. The molecule has 5 heteroatoms. The minimum atomic E-state index is -1.01. The average molecular weight is 355 g/mol. The summed E-state index contributed by atoms with van der Waals surface area (Å²) in [5.41, 5.74) is 2.10. The van der Waals surface area contributed by atoms with Crippen molar-refractivity contribution in [2.75, 3.05) is 5.32 Å². The Balaban J connectivity index is 1.70. The van der Waals surface area contributed by atoms with Gasteiger partial charge < -0.3 is 10.4 Å². The van der Waals surface area contributed by atoms with Gasteiger partial charge in [-0.3, -0.25) is 0 Å². The van der Waals surface area contributed by atoms with E-state index >= 15 is 0 Å². The van der Waals surface area contributed by atoms with Crippen LogP contribution in [-0.2, 0) is 0 Å². The van der Waals surface area contributed by atoms with Crippen molar-refractivity contribution in [2.24, 2.45) is 17.8 Å². The van der Waals surface area contributed by atoms with Crippen LogP contribution in [0.25, 0.3) is 0 Å². The van der Waals surface area contributed by atoms with Gasteiger partial charge in [-0.15, -0.1) is 0 Å². The molecule has 0 spiro atoms. The molecule has 0 aromatic heterocycles. The van der Waals surface area contributed by atoms with E-state index in [0.717, 1.165) is 37.0 Å². The average Bonchev–Trinajstić information content (AvgIpc) is 3.25. The molecule has 3 nitrogen and oxygen atoms in total. The Hall–Kier alpha value is -2.43. The predicted octanol–water partition coefficient (Wildman–Crippen LogP) is 4.96. The van der Waals surface area contributed by atoms with Crippen molar-refractivity contribution < 1.29 is 18.7 Å². The van der Waals surface area contributed by atoms with Crippen LogP contribution in [0.1, 0.15) is 52.7 Å². The number of halogens is 2. The first-order valence-electron chi connectivity index (χ1n) is 9.12. The molecular weight excluding hydrogens is 336 g/mol. The Labute approximate surface area is 150 Å².